The van der Waals surface area contributed by atoms with Crippen molar-refractivity contribution in [3.05, 3.63) is 53.2 Å². The van der Waals surface area contributed by atoms with Gasteiger partial charge in [-0.2, -0.15) is 0 Å². The molecule has 1 saturated carbocycles. The highest BCUT2D eigenvalue weighted by Gasteiger charge is 2.56. The Balaban J connectivity index is 0.924. The number of pyridine rings is 1. The maximum Gasteiger partial charge on any atom is 0.262 e. The summed E-state index contributed by atoms with van der Waals surface area (Å²) in [7, 11) is 0. The molecule has 12 heteroatoms. The van der Waals surface area contributed by atoms with Gasteiger partial charge in [-0.05, 0) is 54.5 Å². The van der Waals surface area contributed by atoms with E-state index in [1.54, 1.807) is 24.4 Å². The highest BCUT2D eigenvalue weighted by Crippen LogP contribution is 2.52. The molecular formula is C29H31N7O5. The first-order valence-corrected chi connectivity index (χ1v) is 14.1. The van der Waals surface area contributed by atoms with Crippen molar-refractivity contribution in [2.75, 3.05) is 55.6 Å². The highest BCUT2D eigenvalue weighted by atomic mass is 16.2. The van der Waals surface area contributed by atoms with Gasteiger partial charge in [0, 0.05) is 64.1 Å². The zero-order valence-corrected chi connectivity index (χ0v) is 22.5. The minimum absolute atomic E-state index is 0.101. The van der Waals surface area contributed by atoms with Crippen LogP contribution >= 0.6 is 0 Å². The zero-order chi connectivity index (χ0) is 28.4. The first-order valence-electron chi connectivity index (χ1n) is 14.1. The van der Waals surface area contributed by atoms with Crippen LogP contribution in [0.2, 0.25) is 0 Å². The van der Waals surface area contributed by atoms with E-state index in [4.69, 9.17) is 5.73 Å². The fourth-order valence-corrected chi connectivity index (χ4v) is 6.97. The molecule has 3 unspecified atom stereocenters. The molecule has 0 bridgehead atoms. The molecule has 5 aliphatic rings. The average Bonchev–Trinajstić information content (AvgIpc) is 3.29. The van der Waals surface area contributed by atoms with Crippen LogP contribution in [0.15, 0.2) is 36.5 Å². The summed E-state index contributed by atoms with van der Waals surface area (Å²) in [4.78, 5) is 73.8. The number of carbonyl (C=O) groups is 5. The van der Waals surface area contributed by atoms with Gasteiger partial charge in [-0.25, -0.2) is 4.98 Å². The SMILES string of the molecule is NC(=O)c1ccc(N2CC3C(CN4CCN(c5ccc6c(c5)C(=O)N(C5CCC(=O)NC5=O)C6=O)CC4)C3C2)nc1. The van der Waals surface area contributed by atoms with E-state index in [2.05, 4.69) is 25.0 Å². The van der Waals surface area contributed by atoms with Gasteiger partial charge in [0.05, 0.1) is 16.7 Å². The van der Waals surface area contributed by atoms with Crippen molar-refractivity contribution < 1.29 is 24.0 Å². The van der Waals surface area contributed by atoms with Crippen molar-refractivity contribution in [3.63, 3.8) is 0 Å². The molecule has 41 heavy (non-hydrogen) atoms. The van der Waals surface area contributed by atoms with Crippen molar-refractivity contribution >= 4 is 41.0 Å². The summed E-state index contributed by atoms with van der Waals surface area (Å²) in [6.45, 7) is 6.52. The van der Waals surface area contributed by atoms with Crippen LogP contribution < -0.4 is 20.9 Å². The van der Waals surface area contributed by atoms with E-state index in [0.29, 0.717) is 34.4 Å². The Morgan fingerprint density at radius 1 is 0.927 bits per heavy atom. The number of primary amides is 1. The first kappa shape index (κ1) is 25.6. The number of aromatic nitrogens is 1. The van der Waals surface area contributed by atoms with Crippen molar-refractivity contribution in [3.8, 4) is 0 Å². The van der Waals surface area contributed by atoms with Gasteiger partial charge in [0.15, 0.2) is 0 Å². The number of imide groups is 2. The summed E-state index contributed by atoms with van der Waals surface area (Å²) in [5, 5.41) is 2.23. The van der Waals surface area contributed by atoms with Crippen LogP contribution in [0, 0.1) is 17.8 Å². The molecule has 1 aromatic heterocycles. The quantitative estimate of drug-likeness (QED) is 0.471. The molecule has 0 spiro atoms. The second-order valence-electron chi connectivity index (χ2n) is 11.6. The number of amides is 5. The maximum atomic E-state index is 13.2. The van der Waals surface area contributed by atoms with Gasteiger partial charge in [-0.15, -0.1) is 0 Å². The molecule has 5 heterocycles. The van der Waals surface area contributed by atoms with E-state index in [1.165, 1.54) is 0 Å². The molecule has 1 aliphatic carbocycles. The van der Waals surface area contributed by atoms with Crippen LogP contribution in [-0.4, -0.2) is 96.2 Å². The summed E-state index contributed by atoms with van der Waals surface area (Å²) in [5.41, 5.74) is 7.24. The Bertz CT molecular complexity index is 1460. The van der Waals surface area contributed by atoms with Crippen LogP contribution in [0.5, 0.6) is 0 Å². The van der Waals surface area contributed by atoms with Crippen molar-refractivity contribution in [2.24, 2.45) is 23.5 Å². The van der Waals surface area contributed by atoms with Gasteiger partial charge in [-0.3, -0.25) is 39.1 Å². The van der Waals surface area contributed by atoms with Gasteiger partial charge in [0.1, 0.15) is 11.9 Å². The summed E-state index contributed by atoms with van der Waals surface area (Å²) in [6, 6.07) is 7.96. The topological polar surface area (TPSA) is 149 Å². The normalized spacial score (nSPS) is 27.7. The fraction of sp³-hybridized carbons (Fsp3) is 0.448. The van der Waals surface area contributed by atoms with E-state index in [0.717, 1.165) is 62.2 Å². The Hall–Kier alpha value is -4.32. The van der Waals surface area contributed by atoms with E-state index < -0.39 is 29.7 Å². The molecule has 4 aliphatic heterocycles. The molecule has 7 rings (SSSR count). The number of hydrogen-bond acceptors (Lipinski definition) is 9. The second kappa shape index (κ2) is 9.65. The van der Waals surface area contributed by atoms with Crippen LogP contribution in [-0.2, 0) is 9.59 Å². The highest BCUT2D eigenvalue weighted by molar-refractivity contribution is 6.23. The Kier molecular flexibility index (Phi) is 6.03. The van der Waals surface area contributed by atoms with Gasteiger partial charge in [0.25, 0.3) is 11.8 Å². The molecule has 0 radical (unpaired) electrons. The Morgan fingerprint density at radius 3 is 2.32 bits per heavy atom. The molecule has 3 atom stereocenters. The van der Waals surface area contributed by atoms with E-state index in [9.17, 15) is 24.0 Å². The number of rotatable bonds is 6. The van der Waals surface area contributed by atoms with Gasteiger partial charge >= 0.3 is 0 Å². The molecule has 1 aromatic carbocycles. The monoisotopic (exact) mass is 557 g/mol. The Labute approximate surface area is 236 Å². The lowest BCUT2D eigenvalue weighted by molar-refractivity contribution is -0.136. The standard InChI is InChI=1S/C29H31N7O5/c30-26(38)16-1-5-24(31-12-16)35-14-21-20(22(21)15-35)13-33-7-9-34(10-8-33)17-2-3-18-19(11-17)29(41)36(28(18)40)23-4-6-25(37)32-27(23)39/h1-3,5,11-12,20-23H,4,6-10,13-15H2,(H2,30,38)(H,32,37,39). The molecule has 212 valence electrons. The first-order chi connectivity index (χ1) is 19.8. The van der Waals surface area contributed by atoms with Gasteiger partial charge < -0.3 is 15.5 Å². The summed E-state index contributed by atoms with van der Waals surface area (Å²) in [6.07, 6.45) is 1.79. The third-order valence-electron chi connectivity index (χ3n) is 9.36. The molecule has 2 aromatic rings. The summed E-state index contributed by atoms with van der Waals surface area (Å²) >= 11 is 0. The van der Waals surface area contributed by atoms with Crippen molar-refractivity contribution in [1.29, 1.82) is 0 Å². The number of carbonyl (C=O) groups excluding carboxylic acids is 5. The predicted octanol–water partition coefficient (Wildman–Crippen LogP) is 0.0861. The number of hydrogen-bond donors (Lipinski definition) is 2. The van der Waals surface area contributed by atoms with Crippen LogP contribution in [0.1, 0.15) is 43.9 Å². The number of benzene rings is 1. The van der Waals surface area contributed by atoms with Crippen molar-refractivity contribution in [1.82, 2.24) is 20.1 Å². The van der Waals surface area contributed by atoms with E-state index in [1.807, 2.05) is 12.1 Å². The van der Waals surface area contributed by atoms with Gasteiger partial charge in [0.2, 0.25) is 17.7 Å². The van der Waals surface area contributed by atoms with Crippen LogP contribution in [0.4, 0.5) is 11.5 Å². The second-order valence-corrected chi connectivity index (χ2v) is 11.6. The fourth-order valence-electron chi connectivity index (χ4n) is 6.97. The molecule has 3 saturated heterocycles. The smallest absolute Gasteiger partial charge is 0.262 e. The number of nitrogens with one attached hydrogen (secondary N) is 1. The number of piperazine rings is 1. The zero-order valence-electron chi connectivity index (χ0n) is 22.5. The average molecular weight is 558 g/mol. The predicted molar refractivity (Wildman–Crippen MR) is 147 cm³/mol. The van der Waals surface area contributed by atoms with Crippen LogP contribution in [0.25, 0.3) is 0 Å². The largest absolute Gasteiger partial charge is 0.369 e. The summed E-state index contributed by atoms with van der Waals surface area (Å²) in [5.74, 6) is 0.489. The maximum absolute atomic E-state index is 13.2. The molecule has 4 fully saturated rings. The molecule has 3 N–H and O–H groups in total. The number of fused-ring (bicyclic) bond motifs is 2. The number of piperidine rings is 2. The lowest BCUT2D eigenvalue weighted by Gasteiger charge is -2.36. The summed E-state index contributed by atoms with van der Waals surface area (Å²) < 4.78 is 0. The minimum atomic E-state index is -0.959. The Morgan fingerprint density at radius 2 is 1.66 bits per heavy atom. The molecular weight excluding hydrogens is 526 g/mol. The van der Waals surface area contributed by atoms with Gasteiger partial charge in [-0.1, -0.05) is 0 Å². The minimum Gasteiger partial charge on any atom is -0.369 e. The van der Waals surface area contributed by atoms with Crippen molar-refractivity contribution in [2.45, 2.75) is 18.9 Å². The third kappa shape index (κ3) is 4.42. The number of nitrogens with zero attached hydrogens (tertiary/aromatic N) is 5. The number of anilines is 2. The van der Waals surface area contributed by atoms with E-state index >= 15 is 0 Å². The number of nitrogens with two attached hydrogens (primary N) is 1. The third-order valence-corrected chi connectivity index (χ3v) is 9.36. The van der Waals surface area contributed by atoms with E-state index in [-0.39, 0.29) is 18.7 Å². The van der Waals surface area contributed by atoms with Crippen LogP contribution in [0.3, 0.4) is 0 Å². The molecule has 5 amide bonds. The molecule has 12 nitrogen and oxygen atoms in total. The lowest BCUT2D eigenvalue weighted by Crippen LogP contribution is -2.54. The lowest BCUT2D eigenvalue weighted by atomic mass is 10.0.